The summed E-state index contributed by atoms with van der Waals surface area (Å²) >= 11 is 0. The van der Waals surface area contributed by atoms with Gasteiger partial charge in [-0.25, -0.2) is 4.98 Å². The summed E-state index contributed by atoms with van der Waals surface area (Å²) < 4.78 is 0. The van der Waals surface area contributed by atoms with Gasteiger partial charge in [0.05, 0.1) is 17.1 Å². The predicted molar refractivity (Wildman–Crippen MR) is 73.0 cm³/mol. The van der Waals surface area contributed by atoms with Crippen LogP contribution in [0.3, 0.4) is 0 Å². The highest BCUT2D eigenvalue weighted by molar-refractivity contribution is 5.54. The first-order valence-corrected chi connectivity index (χ1v) is 6.23. The standard InChI is InChI=1S/C12H20N4O2/c1-4-6-13-11-7-10(16(17)18)8-12(15-11)14-9(3)5-2/h7-9H,4-6H2,1-3H3,(H2,13,14,15). The highest BCUT2D eigenvalue weighted by Gasteiger charge is 2.12. The van der Waals surface area contributed by atoms with E-state index < -0.39 is 4.92 Å². The summed E-state index contributed by atoms with van der Waals surface area (Å²) in [5, 5.41) is 17.1. The normalized spacial score (nSPS) is 11.9. The van der Waals surface area contributed by atoms with Crippen LogP contribution in [0, 0.1) is 10.1 Å². The third kappa shape index (κ3) is 4.20. The van der Waals surface area contributed by atoms with Gasteiger partial charge in [-0.15, -0.1) is 0 Å². The molecule has 6 heteroatoms. The first-order chi connectivity index (χ1) is 8.56. The highest BCUT2D eigenvalue weighted by Crippen LogP contribution is 2.21. The van der Waals surface area contributed by atoms with E-state index in [-0.39, 0.29) is 11.7 Å². The molecule has 6 nitrogen and oxygen atoms in total. The molecule has 1 unspecified atom stereocenters. The molecule has 0 aliphatic rings. The summed E-state index contributed by atoms with van der Waals surface area (Å²) in [6.45, 7) is 6.84. The quantitative estimate of drug-likeness (QED) is 0.576. The lowest BCUT2D eigenvalue weighted by Crippen LogP contribution is -2.15. The first-order valence-electron chi connectivity index (χ1n) is 6.23. The van der Waals surface area contributed by atoms with Crippen molar-refractivity contribution in [3.63, 3.8) is 0 Å². The fourth-order valence-electron chi connectivity index (χ4n) is 1.39. The van der Waals surface area contributed by atoms with Crippen LogP contribution in [0.4, 0.5) is 17.3 Å². The second-order valence-electron chi connectivity index (χ2n) is 4.23. The number of nitrogens with zero attached hydrogens (tertiary/aromatic N) is 2. The molecule has 0 radical (unpaired) electrons. The van der Waals surface area contributed by atoms with E-state index in [0.717, 1.165) is 19.4 Å². The minimum atomic E-state index is -0.402. The van der Waals surface area contributed by atoms with Gasteiger partial charge in [0.25, 0.3) is 5.69 Å². The van der Waals surface area contributed by atoms with E-state index in [1.165, 1.54) is 12.1 Å². The van der Waals surface area contributed by atoms with Crippen molar-refractivity contribution in [3.05, 3.63) is 22.2 Å². The second kappa shape index (κ2) is 6.78. The van der Waals surface area contributed by atoms with Crippen molar-refractivity contribution >= 4 is 17.3 Å². The van der Waals surface area contributed by atoms with Gasteiger partial charge in [0.15, 0.2) is 0 Å². The molecular formula is C12H20N4O2. The van der Waals surface area contributed by atoms with Gasteiger partial charge in [0.2, 0.25) is 0 Å². The minimum Gasteiger partial charge on any atom is -0.370 e. The molecule has 1 rings (SSSR count). The molecule has 1 aromatic rings. The zero-order chi connectivity index (χ0) is 13.5. The zero-order valence-electron chi connectivity index (χ0n) is 11.1. The van der Waals surface area contributed by atoms with Gasteiger partial charge in [0.1, 0.15) is 11.6 Å². The summed E-state index contributed by atoms with van der Waals surface area (Å²) in [6.07, 6.45) is 1.88. The topological polar surface area (TPSA) is 80.1 Å². The summed E-state index contributed by atoms with van der Waals surface area (Å²) in [4.78, 5) is 14.8. The van der Waals surface area contributed by atoms with Crippen LogP contribution >= 0.6 is 0 Å². The molecular weight excluding hydrogens is 232 g/mol. The van der Waals surface area contributed by atoms with Crippen LogP contribution in [-0.2, 0) is 0 Å². The van der Waals surface area contributed by atoms with Crippen molar-refractivity contribution in [1.29, 1.82) is 0 Å². The molecule has 0 fully saturated rings. The number of nitro groups is 1. The molecule has 0 aromatic carbocycles. The molecule has 1 aromatic heterocycles. The molecule has 1 heterocycles. The Balaban J connectivity index is 2.94. The van der Waals surface area contributed by atoms with Gasteiger partial charge < -0.3 is 10.6 Å². The smallest absolute Gasteiger partial charge is 0.276 e. The molecule has 18 heavy (non-hydrogen) atoms. The van der Waals surface area contributed by atoms with Gasteiger partial charge >= 0.3 is 0 Å². The number of aromatic nitrogens is 1. The SMILES string of the molecule is CCCNc1cc([N+](=O)[O-])cc(NC(C)CC)n1. The Kier molecular flexibility index (Phi) is 5.35. The van der Waals surface area contributed by atoms with Crippen molar-refractivity contribution in [1.82, 2.24) is 4.98 Å². The lowest BCUT2D eigenvalue weighted by Gasteiger charge is -2.13. The third-order valence-corrected chi connectivity index (χ3v) is 2.58. The largest absolute Gasteiger partial charge is 0.370 e. The van der Waals surface area contributed by atoms with Crippen LogP contribution in [0.5, 0.6) is 0 Å². The van der Waals surface area contributed by atoms with Crippen molar-refractivity contribution in [2.75, 3.05) is 17.2 Å². The number of pyridine rings is 1. The Labute approximate surface area is 107 Å². The summed E-state index contributed by atoms with van der Waals surface area (Å²) in [5.74, 6) is 1.08. The van der Waals surface area contributed by atoms with Crippen LogP contribution < -0.4 is 10.6 Å². The van der Waals surface area contributed by atoms with Crippen molar-refractivity contribution in [2.24, 2.45) is 0 Å². The lowest BCUT2D eigenvalue weighted by atomic mass is 10.2. The molecule has 0 saturated carbocycles. The lowest BCUT2D eigenvalue weighted by molar-refractivity contribution is -0.384. The van der Waals surface area contributed by atoms with Gasteiger partial charge in [-0.3, -0.25) is 10.1 Å². The van der Waals surface area contributed by atoms with E-state index in [4.69, 9.17) is 0 Å². The summed E-state index contributed by atoms with van der Waals surface area (Å²) in [7, 11) is 0. The Morgan fingerprint density at radius 1 is 1.39 bits per heavy atom. The highest BCUT2D eigenvalue weighted by atomic mass is 16.6. The van der Waals surface area contributed by atoms with E-state index >= 15 is 0 Å². The monoisotopic (exact) mass is 252 g/mol. The van der Waals surface area contributed by atoms with Crippen LogP contribution in [0.1, 0.15) is 33.6 Å². The molecule has 2 N–H and O–H groups in total. The predicted octanol–water partition coefficient (Wildman–Crippen LogP) is 3.02. The van der Waals surface area contributed by atoms with Crippen molar-refractivity contribution in [2.45, 2.75) is 39.7 Å². The number of hydrogen-bond donors (Lipinski definition) is 2. The molecule has 100 valence electrons. The summed E-state index contributed by atoms with van der Waals surface area (Å²) in [5.41, 5.74) is 0.0504. The number of nitrogens with one attached hydrogen (secondary N) is 2. The molecule has 0 saturated heterocycles. The Morgan fingerprint density at radius 2 is 2.06 bits per heavy atom. The maximum atomic E-state index is 10.9. The average molecular weight is 252 g/mol. The fourth-order valence-corrected chi connectivity index (χ4v) is 1.39. The molecule has 0 amide bonds. The van der Waals surface area contributed by atoms with Gasteiger partial charge in [-0.1, -0.05) is 13.8 Å². The van der Waals surface area contributed by atoms with E-state index in [1.54, 1.807) is 0 Å². The molecule has 0 aliphatic heterocycles. The van der Waals surface area contributed by atoms with Crippen LogP contribution in [0.25, 0.3) is 0 Å². The second-order valence-corrected chi connectivity index (χ2v) is 4.23. The Hall–Kier alpha value is -1.85. The van der Waals surface area contributed by atoms with E-state index in [9.17, 15) is 10.1 Å². The van der Waals surface area contributed by atoms with Gasteiger partial charge in [-0.05, 0) is 19.8 Å². The van der Waals surface area contributed by atoms with E-state index in [2.05, 4.69) is 15.6 Å². The van der Waals surface area contributed by atoms with Crippen molar-refractivity contribution < 1.29 is 4.92 Å². The van der Waals surface area contributed by atoms with Crippen LogP contribution in [-0.4, -0.2) is 22.5 Å². The van der Waals surface area contributed by atoms with Crippen molar-refractivity contribution in [3.8, 4) is 0 Å². The number of rotatable bonds is 7. The van der Waals surface area contributed by atoms with E-state index in [0.29, 0.717) is 11.6 Å². The Bertz CT molecular complexity index is 409. The maximum Gasteiger partial charge on any atom is 0.276 e. The third-order valence-electron chi connectivity index (χ3n) is 2.58. The average Bonchev–Trinajstić information content (AvgIpc) is 2.35. The summed E-state index contributed by atoms with van der Waals surface area (Å²) in [6, 6.07) is 3.15. The zero-order valence-corrected chi connectivity index (χ0v) is 11.1. The fraction of sp³-hybridized carbons (Fsp3) is 0.583. The van der Waals surface area contributed by atoms with E-state index in [1.807, 2.05) is 20.8 Å². The molecule has 0 bridgehead atoms. The molecule has 0 aliphatic carbocycles. The maximum absolute atomic E-state index is 10.9. The first kappa shape index (κ1) is 14.2. The van der Waals surface area contributed by atoms with Gasteiger partial charge in [-0.2, -0.15) is 0 Å². The van der Waals surface area contributed by atoms with Crippen LogP contribution in [0.15, 0.2) is 12.1 Å². The molecule has 1 atom stereocenters. The Morgan fingerprint density at radius 3 is 2.61 bits per heavy atom. The van der Waals surface area contributed by atoms with Crippen LogP contribution in [0.2, 0.25) is 0 Å². The number of anilines is 2. The minimum absolute atomic E-state index is 0.0504. The number of hydrogen-bond acceptors (Lipinski definition) is 5. The van der Waals surface area contributed by atoms with Gasteiger partial charge in [0, 0.05) is 12.6 Å². The molecule has 0 spiro atoms.